The molecule has 20 heavy (non-hydrogen) atoms. The minimum atomic E-state index is -0.487. The van der Waals surface area contributed by atoms with Crippen molar-refractivity contribution in [2.75, 3.05) is 0 Å². The molecule has 0 amide bonds. The summed E-state index contributed by atoms with van der Waals surface area (Å²) in [6, 6.07) is 6.27. The van der Waals surface area contributed by atoms with Crippen LogP contribution >= 0.6 is 0 Å². The van der Waals surface area contributed by atoms with E-state index in [1.165, 1.54) is 0 Å². The second kappa shape index (κ2) is 4.94. The van der Waals surface area contributed by atoms with Crippen LogP contribution in [0.2, 0.25) is 0 Å². The minimum absolute atomic E-state index is 0.148. The van der Waals surface area contributed by atoms with Crippen LogP contribution in [0.4, 0.5) is 0 Å². The van der Waals surface area contributed by atoms with Crippen LogP contribution in [0.5, 0.6) is 5.75 Å². The molecule has 3 rings (SSSR count). The molecule has 0 saturated heterocycles. The predicted octanol–water partition coefficient (Wildman–Crippen LogP) is 3.33. The van der Waals surface area contributed by atoms with Crippen molar-refractivity contribution in [3.05, 3.63) is 47.5 Å². The lowest BCUT2D eigenvalue weighted by atomic mass is 9.96. The molecule has 2 aromatic rings. The molecule has 1 unspecified atom stereocenters. The van der Waals surface area contributed by atoms with Gasteiger partial charge in [0.1, 0.15) is 11.9 Å². The normalized spacial score (nSPS) is 21.6. The Morgan fingerprint density at radius 3 is 2.95 bits per heavy atom. The van der Waals surface area contributed by atoms with Gasteiger partial charge in [0.15, 0.2) is 0 Å². The molecule has 0 aliphatic carbocycles. The lowest BCUT2D eigenvalue weighted by Gasteiger charge is -2.30. The number of aromatic nitrogens is 2. The molecule has 2 atom stereocenters. The zero-order valence-electron chi connectivity index (χ0n) is 12.1. The van der Waals surface area contributed by atoms with Gasteiger partial charge in [0.05, 0.1) is 24.3 Å². The number of rotatable bonds is 2. The Kier molecular flexibility index (Phi) is 3.26. The van der Waals surface area contributed by atoms with Crippen molar-refractivity contribution < 1.29 is 9.84 Å². The average molecular weight is 272 g/mol. The van der Waals surface area contributed by atoms with E-state index in [1.54, 1.807) is 0 Å². The first-order valence-corrected chi connectivity index (χ1v) is 7.03. The van der Waals surface area contributed by atoms with Gasteiger partial charge in [-0.25, -0.2) is 4.98 Å². The van der Waals surface area contributed by atoms with Crippen molar-refractivity contribution in [3.8, 4) is 5.75 Å². The summed E-state index contributed by atoms with van der Waals surface area (Å²) in [5, 5.41) is 10.4. The van der Waals surface area contributed by atoms with Crippen LogP contribution in [-0.4, -0.2) is 14.7 Å². The van der Waals surface area contributed by atoms with E-state index in [-0.39, 0.29) is 6.10 Å². The summed E-state index contributed by atoms with van der Waals surface area (Å²) in [7, 11) is 0. The zero-order chi connectivity index (χ0) is 14.3. The Bertz CT molecular complexity index is 619. The van der Waals surface area contributed by atoms with E-state index in [9.17, 15) is 5.11 Å². The fourth-order valence-corrected chi connectivity index (χ4v) is 2.74. The van der Waals surface area contributed by atoms with Crippen LogP contribution < -0.4 is 4.74 Å². The van der Waals surface area contributed by atoms with E-state index in [1.807, 2.05) is 37.6 Å². The maximum Gasteiger partial charge on any atom is 0.143 e. The number of imidazole rings is 1. The van der Waals surface area contributed by atoms with E-state index in [4.69, 9.17) is 4.74 Å². The molecule has 1 aliphatic rings. The van der Waals surface area contributed by atoms with Gasteiger partial charge < -0.3 is 14.4 Å². The molecule has 1 aliphatic heterocycles. The van der Waals surface area contributed by atoms with Crippen LogP contribution in [0, 0.1) is 6.92 Å². The quantitative estimate of drug-likeness (QED) is 0.912. The maximum absolute atomic E-state index is 10.4. The number of hydrogen-bond donors (Lipinski definition) is 1. The molecule has 1 aromatic heterocycles. The van der Waals surface area contributed by atoms with Gasteiger partial charge in [-0.05, 0) is 32.9 Å². The SMILES string of the molecule is Cc1ccc2c(c1)[C@@H](O)CC(c1cncn1C(C)C)O2. The van der Waals surface area contributed by atoms with Gasteiger partial charge in [0.25, 0.3) is 0 Å². The molecule has 0 bridgehead atoms. The monoisotopic (exact) mass is 272 g/mol. The Hall–Kier alpha value is -1.81. The first-order chi connectivity index (χ1) is 9.56. The largest absolute Gasteiger partial charge is 0.484 e. The molecule has 0 radical (unpaired) electrons. The molecule has 0 fully saturated rings. The summed E-state index contributed by atoms with van der Waals surface area (Å²) in [6.07, 6.45) is 3.58. The molecule has 2 heterocycles. The van der Waals surface area contributed by atoms with Gasteiger partial charge >= 0.3 is 0 Å². The van der Waals surface area contributed by atoms with E-state index in [2.05, 4.69) is 23.4 Å². The topological polar surface area (TPSA) is 47.3 Å². The van der Waals surface area contributed by atoms with E-state index in [0.29, 0.717) is 12.5 Å². The third-order valence-electron chi connectivity index (χ3n) is 3.81. The van der Waals surface area contributed by atoms with Gasteiger partial charge in [-0.3, -0.25) is 0 Å². The van der Waals surface area contributed by atoms with Crippen LogP contribution in [-0.2, 0) is 0 Å². The Balaban J connectivity index is 1.95. The Morgan fingerprint density at radius 2 is 2.20 bits per heavy atom. The van der Waals surface area contributed by atoms with Gasteiger partial charge in [0.2, 0.25) is 0 Å². The average Bonchev–Trinajstić information content (AvgIpc) is 2.89. The number of aliphatic hydroxyl groups is 1. The van der Waals surface area contributed by atoms with Crippen molar-refractivity contribution >= 4 is 0 Å². The summed E-state index contributed by atoms with van der Waals surface area (Å²) in [5.41, 5.74) is 3.04. The fourth-order valence-electron chi connectivity index (χ4n) is 2.74. The molecule has 0 saturated carbocycles. The van der Waals surface area contributed by atoms with Crippen molar-refractivity contribution in [3.63, 3.8) is 0 Å². The van der Waals surface area contributed by atoms with Crippen molar-refractivity contribution in [1.82, 2.24) is 9.55 Å². The van der Waals surface area contributed by atoms with E-state index < -0.39 is 6.10 Å². The second-order valence-corrected chi connectivity index (χ2v) is 5.72. The van der Waals surface area contributed by atoms with Crippen LogP contribution in [0.1, 0.15) is 55.3 Å². The van der Waals surface area contributed by atoms with Gasteiger partial charge in [0, 0.05) is 18.0 Å². The summed E-state index contributed by atoms with van der Waals surface area (Å²) in [4.78, 5) is 4.22. The third-order valence-corrected chi connectivity index (χ3v) is 3.81. The van der Waals surface area contributed by atoms with Gasteiger partial charge in [-0.15, -0.1) is 0 Å². The molecule has 106 valence electrons. The highest BCUT2D eigenvalue weighted by molar-refractivity contribution is 5.40. The molecule has 4 nitrogen and oxygen atoms in total. The standard InChI is InChI=1S/C16H20N2O2/c1-10(2)18-9-17-8-13(18)16-7-14(19)12-6-11(3)4-5-15(12)20-16/h4-6,8-10,14,16,19H,7H2,1-3H3/t14-,16?/m0/s1. The summed E-state index contributed by atoms with van der Waals surface area (Å²) < 4.78 is 8.17. The molecule has 1 aromatic carbocycles. The minimum Gasteiger partial charge on any atom is -0.484 e. The van der Waals surface area contributed by atoms with Crippen LogP contribution in [0.25, 0.3) is 0 Å². The van der Waals surface area contributed by atoms with Crippen LogP contribution in [0.3, 0.4) is 0 Å². The smallest absolute Gasteiger partial charge is 0.143 e. The number of hydrogen-bond acceptors (Lipinski definition) is 3. The second-order valence-electron chi connectivity index (χ2n) is 5.72. The summed E-state index contributed by atoms with van der Waals surface area (Å²) in [6.45, 7) is 6.25. The molecular weight excluding hydrogens is 252 g/mol. The lowest BCUT2D eigenvalue weighted by molar-refractivity contribution is 0.0613. The predicted molar refractivity (Wildman–Crippen MR) is 76.7 cm³/mol. The van der Waals surface area contributed by atoms with Crippen molar-refractivity contribution in [2.24, 2.45) is 0 Å². The zero-order valence-corrected chi connectivity index (χ0v) is 12.1. The highest BCUT2D eigenvalue weighted by atomic mass is 16.5. The molecule has 1 N–H and O–H groups in total. The molecule has 4 heteroatoms. The van der Waals surface area contributed by atoms with E-state index >= 15 is 0 Å². The lowest BCUT2D eigenvalue weighted by Crippen LogP contribution is -2.22. The highest BCUT2D eigenvalue weighted by Crippen LogP contribution is 2.41. The third kappa shape index (κ3) is 2.20. The van der Waals surface area contributed by atoms with Crippen LogP contribution in [0.15, 0.2) is 30.7 Å². The van der Waals surface area contributed by atoms with Gasteiger partial charge in [-0.1, -0.05) is 11.6 Å². The number of ether oxygens (including phenoxy) is 1. The van der Waals surface area contributed by atoms with Crippen molar-refractivity contribution in [2.45, 2.75) is 45.4 Å². The Morgan fingerprint density at radius 1 is 1.40 bits per heavy atom. The molecule has 0 spiro atoms. The molecular formula is C16H20N2O2. The van der Waals surface area contributed by atoms with Crippen molar-refractivity contribution in [1.29, 1.82) is 0 Å². The first-order valence-electron chi connectivity index (χ1n) is 7.03. The van der Waals surface area contributed by atoms with E-state index in [0.717, 1.165) is 22.6 Å². The maximum atomic E-state index is 10.4. The highest BCUT2D eigenvalue weighted by Gasteiger charge is 2.30. The van der Waals surface area contributed by atoms with Gasteiger partial charge in [-0.2, -0.15) is 0 Å². The summed E-state index contributed by atoms with van der Waals surface area (Å²) >= 11 is 0. The fraction of sp³-hybridized carbons (Fsp3) is 0.438. The Labute approximate surface area is 119 Å². The number of nitrogens with zero attached hydrogens (tertiary/aromatic N) is 2. The number of benzene rings is 1. The summed E-state index contributed by atoms with van der Waals surface area (Å²) in [5.74, 6) is 0.774. The first kappa shape index (κ1) is 13.2. The number of aryl methyl sites for hydroxylation is 1. The number of fused-ring (bicyclic) bond motifs is 1. The number of aliphatic hydroxyl groups excluding tert-OH is 1.